The van der Waals surface area contributed by atoms with Gasteiger partial charge in [-0.1, -0.05) is 0 Å². The Bertz CT molecular complexity index is 242. The van der Waals surface area contributed by atoms with Crippen molar-refractivity contribution in [1.82, 2.24) is 4.90 Å². The van der Waals surface area contributed by atoms with E-state index in [2.05, 4.69) is 0 Å². The summed E-state index contributed by atoms with van der Waals surface area (Å²) in [6.07, 6.45) is 0.579. The Kier molecular flexibility index (Phi) is 1.82. The van der Waals surface area contributed by atoms with Crippen molar-refractivity contribution in [3.63, 3.8) is 0 Å². The Morgan fingerprint density at radius 2 is 2.15 bits per heavy atom. The van der Waals surface area contributed by atoms with Gasteiger partial charge >= 0.3 is 0 Å². The van der Waals surface area contributed by atoms with Gasteiger partial charge in [0.2, 0.25) is 5.91 Å². The highest BCUT2D eigenvalue weighted by Gasteiger charge is 2.54. The first-order valence-electron chi connectivity index (χ1n) is 4.64. The fourth-order valence-corrected chi connectivity index (χ4v) is 2.46. The molecule has 0 N–H and O–H groups in total. The van der Waals surface area contributed by atoms with Gasteiger partial charge in [-0.05, 0) is 12.3 Å². The molecule has 2 nitrogen and oxygen atoms in total. The lowest BCUT2D eigenvalue weighted by Gasteiger charge is -2.19. The number of fused-ring (bicyclic) bond motifs is 1. The fourth-order valence-electron chi connectivity index (χ4n) is 2.46. The highest BCUT2D eigenvalue weighted by atomic mass is 19.3. The van der Waals surface area contributed by atoms with Crippen molar-refractivity contribution >= 4 is 5.91 Å². The summed E-state index contributed by atoms with van der Waals surface area (Å²) in [7, 11) is 0. The maximum Gasteiger partial charge on any atom is 0.252 e. The molecule has 1 saturated carbocycles. The minimum Gasteiger partial charge on any atom is -0.342 e. The standard InChI is InChI=1S/C9H13F2NO/c1-6(13)12-4-7-2-3-9(10,11)8(7)5-12/h7-8H,2-5H2,1H3/t7-,8+/m0/s1. The number of carbonyl (C=O) groups excluding carboxylic acids is 1. The molecule has 0 spiro atoms. The first kappa shape index (κ1) is 8.91. The van der Waals surface area contributed by atoms with Crippen LogP contribution >= 0.6 is 0 Å². The van der Waals surface area contributed by atoms with Crippen molar-refractivity contribution in [3.05, 3.63) is 0 Å². The van der Waals surface area contributed by atoms with Crippen LogP contribution in [-0.2, 0) is 4.79 Å². The molecule has 1 amide bonds. The third-order valence-corrected chi connectivity index (χ3v) is 3.28. The number of likely N-dealkylation sites (tertiary alicyclic amines) is 1. The highest BCUT2D eigenvalue weighted by molar-refractivity contribution is 5.73. The second-order valence-electron chi connectivity index (χ2n) is 4.09. The van der Waals surface area contributed by atoms with Gasteiger partial charge in [0, 0.05) is 32.4 Å². The van der Waals surface area contributed by atoms with Crippen molar-refractivity contribution in [2.45, 2.75) is 25.7 Å². The molecule has 2 atom stereocenters. The summed E-state index contributed by atoms with van der Waals surface area (Å²) in [5.74, 6) is -3.14. The number of hydrogen-bond acceptors (Lipinski definition) is 1. The Morgan fingerprint density at radius 3 is 2.69 bits per heavy atom. The number of rotatable bonds is 0. The van der Waals surface area contributed by atoms with Crippen LogP contribution in [0.3, 0.4) is 0 Å². The molecule has 2 fully saturated rings. The topological polar surface area (TPSA) is 20.3 Å². The average Bonchev–Trinajstić information content (AvgIpc) is 2.53. The lowest BCUT2D eigenvalue weighted by Crippen LogP contribution is -2.31. The van der Waals surface area contributed by atoms with Gasteiger partial charge in [-0.3, -0.25) is 4.79 Å². The van der Waals surface area contributed by atoms with Gasteiger partial charge in [-0.2, -0.15) is 0 Å². The first-order chi connectivity index (χ1) is 6.00. The van der Waals surface area contributed by atoms with Crippen LogP contribution in [0.5, 0.6) is 0 Å². The smallest absolute Gasteiger partial charge is 0.252 e. The molecule has 2 rings (SSSR count). The number of amides is 1. The van der Waals surface area contributed by atoms with Crippen molar-refractivity contribution in [1.29, 1.82) is 0 Å². The van der Waals surface area contributed by atoms with Crippen LogP contribution in [0, 0.1) is 11.8 Å². The van der Waals surface area contributed by atoms with Gasteiger partial charge < -0.3 is 4.90 Å². The highest BCUT2D eigenvalue weighted by Crippen LogP contribution is 2.48. The Hall–Kier alpha value is -0.670. The fraction of sp³-hybridized carbons (Fsp3) is 0.889. The Morgan fingerprint density at radius 1 is 1.46 bits per heavy atom. The lowest BCUT2D eigenvalue weighted by atomic mass is 9.99. The van der Waals surface area contributed by atoms with Gasteiger partial charge in [0.15, 0.2) is 0 Å². The van der Waals surface area contributed by atoms with Crippen LogP contribution in [-0.4, -0.2) is 29.8 Å². The van der Waals surface area contributed by atoms with Crippen LogP contribution in [0.1, 0.15) is 19.8 Å². The molecule has 0 radical (unpaired) electrons. The maximum atomic E-state index is 13.2. The SMILES string of the molecule is CC(=O)N1C[C@@H]2CCC(F)(F)[C@@H]2C1. The summed E-state index contributed by atoms with van der Waals surface area (Å²) in [4.78, 5) is 12.5. The lowest BCUT2D eigenvalue weighted by molar-refractivity contribution is -0.128. The van der Waals surface area contributed by atoms with Crippen LogP contribution < -0.4 is 0 Å². The van der Waals surface area contributed by atoms with E-state index < -0.39 is 11.8 Å². The van der Waals surface area contributed by atoms with Crippen molar-refractivity contribution in [2.75, 3.05) is 13.1 Å². The quantitative estimate of drug-likeness (QED) is 0.565. The summed E-state index contributed by atoms with van der Waals surface area (Å²) < 4.78 is 26.4. The van der Waals surface area contributed by atoms with Crippen LogP contribution in [0.25, 0.3) is 0 Å². The van der Waals surface area contributed by atoms with Gasteiger partial charge in [0.1, 0.15) is 0 Å². The Labute approximate surface area is 75.9 Å². The van der Waals surface area contributed by atoms with Gasteiger partial charge in [0.05, 0.1) is 0 Å². The van der Waals surface area contributed by atoms with E-state index in [9.17, 15) is 13.6 Å². The van der Waals surface area contributed by atoms with E-state index in [1.54, 1.807) is 4.90 Å². The molecule has 0 aromatic heterocycles. The zero-order valence-electron chi connectivity index (χ0n) is 7.59. The summed E-state index contributed by atoms with van der Waals surface area (Å²) in [6, 6.07) is 0. The predicted octanol–water partition coefficient (Wildman–Crippen LogP) is 1.51. The number of alkyl halides is 2. The van der Waals surface area contributed by atoms with E-state index in [1.807, 2.05) is 0 Å². The molecule has 0 bridgehead atoms. The molecular formula is C9H13F2NO. The predicted molar refractivity (Wildman–Crippen MR) is 43.4 cm³/mol. The zero-order chi connectivity index (χ0) is 9.64. The summed E-state index contributed by atoms with van der Waals surface area (Å²) in [5, 5.41) is 0. The normalized spacial score (nSPS) is 36.4. The van der Waals surface area contributed by atoms with E-state index in [1.165, 1.54) is 6.92 Å². The number of halogens is 2. The number of nitrogens with zero attached hydrogens (tertiary/aromatic N) is 1. The van der Waals surface area contributed by atoms with Gasteiger partial charge in [-0.25, -0.2) is 8.78 Å². The minimum absolute atomic E-state index is 0.00801. The molecule has 2 aliphatic rings. The average molecular weight is 189 g/mol. The molecule has 74 valence electrons. The molecular weight excluding hydrogens is 176 g/mol. The molecule has 1 saturated heterocycles. The molecule has 0 unspecified atom stereocenters. The van der Waals surface area contributed by atoms with E-state index in [0.717, 1.165) is 0 Å². The van der Waals surface area contributed by atoms with E-state index in [-0.39, 0.29) is 24.8 Å². The second kappa shape index (κ2) is 2.66. The number of hydrogen-bond donors (Lipinski definition) is 0. The molecule has 1 heterocycles. The van der Waals surface area contributed by atoms with E-state index in [0.29, 0.717) is 13.0 Å². The zero-order valence-corrected chi connectivity index (χ0v) is 7.59. The third kappa shape index (κ3) is 1.32. The van der Waals surface area contributed by atoms with Crippen LogP contribution in [0.2, 0.25) is 0 Å². The minimum atomic E-state index is -2.53. The molecule has 1 aliphatic heterocycles. The van der Waals surface area contributed by atoms with E-state index in [4.69, 9.17) is 0 Å². The van der Waals surface area contributed by atoms with Gasteiger partial charge in [0.25, 0.3) is 5.92 Å². The monoisotopic (exact) mass is 189 g/mol. The molecule has 0 aromatic carbocycles. The number of carbonyl (C=O) groups is 1. The van der Waals surface area contributed by atoms with Crippen LogP contribution in [0.4, 0.5) is 8.78 Å². The summed E-state index contributed by atoms with van der Waals surface area (Å²) in [6.45, 7) is 2.24. The van der Waals surface area contributed by atoms with Crippen molar-refractivity contribution < 1.29 is 13.6 Å². The summed E-state index contributed by atoms with van der Waals surface area (Å²) >= 11 is 0. The van der Waals surface area contributed by atoms with Crippen LogP contribution in [0.15, 0.2) is 0 Å². The first-order valence-corrected chi connectivity index (χ1v) is 4.64. The third-order valence-electron chi connectivity index (χ3n) is 3.28. The maximum absolute atomic E-state index is 13.2. The molecule has 1 aliphatic carbocycles. The second-order valence-corrected chi connectivity index (χ2v) is 4.09. The summed E-state index contributed by atoms with van der Waals surface area (Å²) in [5.41, 5.74) is 0. The van der Waals surface area contributed by atoms with Crippen molar-refractivity contribution in [2.24, 2.45) is 11.8 Å². The van der Waals surface area contributed by atoms with Crippen molar-refractivity contribution in [3.8, 4) is 0 Å². The van der Waals surface area contributed by atoms with E-state index >= 15 is 0 Å². The molecule has 0 aromatic rings. The molecule has 13 heavy (non-hydrogen) atoms. The largest absolute Gasteiger partial charge is 0.342 e. The Balaban J connectivity index is 2.10. The molecule has 4 heteroatoms. The van der Waals surface area contributed by atoms with Gasteiger partial charge in [-0.15, -0.1) is 0 Å².